The summed E-state index contributed by atoms with van der Waals surface area (Å²) >= 11 is 0. The van der Waals surface area contributed by atoms with Crippen LogP contribution < -0.4 is 15.1 Å². The van der Waals surface area contributed by atoms with Crippen molar-refractivity contribution in [2.24, 2.45) is 0 Å². The van der Waals surface area contributed by atoms with E-state index in [-0.39, 0.29) is 11.7 Å². The monoisotopic (exact) mass is 486 g/mol. The largest absolute Gasteiger partial charge is 0.453 e. The molecule has 1 aliphatic heterocycles. The summed E-state index contributed by atoms with van der Waals surface area (Å²) in [5.74, 6) is -0.106. The molecule has 1 aromatic carbocycles. The maximum absolute atomic E-state index is 14.1. The van der Waals surface area contributed by atoms with Crippen LogP contribution in [0, 0.1) is 5.82 Å². The molecule has 1 aliphatic carbocycles. The Morgan fingerprint density at radius 3 is 2.64 bits per heavy atom. The summed E-state index contributed by atoms with van der Waals surface area (Å²) in [6.07, 6.45) is 6.68. The first-order valence-electron chi connectivity index (χ1n) is 11.7. The predicted octanol–water partition coefficient (Wildman–Crippen LogP) is 4.34. The number of halogens is 1. The van der Waals surface area contributed by atoms with Gasteiger partial charge in [-0.2, -0.15) is 0 Å². The zero-order valence-electron chi connectivity index (χ0n) is 19.5. The molecule has 36 heavy (non-hydrogen) atoms. The lowest BCUT2D eigenvalue weighted by molar-refractivity contribution is 0.0986. The third-order valence-corrected chi connectivity index (χ3v) is 6.56. The van der Waals surface area contributed by atoms with Crippen molar-refractivity contribution in [2.45, 2.75) is 18.9 Å². The van der Waals surface area contributed by atoms with Crippen LogP contribution in [0.5, 0.6) is 0 Å². The molecular weight excluding hydrogens is 463 g/mol. The number of carbonyl (C=O) groups excluding carboxylic acids is 2. The average molecular weight is 487 g/mol. The van der Waals surface area contributed by atoms with Crippen LogP contribution in [0.2, 0.25) is 0 Å². The van der Waals surface area contributed by atoms with Crippen LogP contribution in [0.3, 0.4) is 0 Å². The first-order valence-corrected chi connectivity index (χ1v) is 11.7. The molecule has 2 aliphatic rings. The van der Waals surface area contributed by atoms with Crippen LogP contribution in [0.25, 0.3) is 16.9 Å². The highest BCUT2D eigenvalue weighted by molar-refractivity contribution is 6.08. The number of carbonyl (C=O) groups is 2. The van der Waals surface area contributed by atoms with Gasteiger partial charge in [0, 0.05) is 37.1 Å². The minimum atomic E-state index is -0.601. The molecule has 0 atom stereocenters. The van der Waals surface area contributed by atoms with E-state index in [9.17, 15) is 14.0 Å². The molecule has 1 saturated carbocycles. The van der Waals surface area contributed by atoms with Crippen LogP contribution in [-0.4, -0.2) is 52.6 Å². The fourth-order valence-electron chi connectivity index (χ4n) is 4.63. The van der Waals surface area contributed by atoms with Gasteiger partial charge in [-0.05, 0) is 55.3 Å². The molecule has 0 radical (unpaired) electrons. The SMILES string of the molecule is COC(=O)Nc1ccc(-c2cnc3ccc(C(=O)N4CCN(C5CC5)c5cc(F)ccc54)cn23)cn1. The van der Waals surface area contributed by atoms with Crippen molar-refractivity contribution < 1.29 is 18.7 Å². The molecule has 2 amide bonds. The van der Waals surface area contributed by atoms with Crippen molar-refractivity contribution in [3.05, 3.63) is 72.4 Å². The minimum absolute atomic E-state index is 0.157. The predicted molar refractivity (Wildman–Crippen MR) is 133 cm³/mol. The number of imidazole rings is 1. The van der Waals surface area contributed by atoms with Crippen molar-refractivity contribution in [1.82, 2.24) is 14.4 Å². The first-order chi connectivity index (χ1) is 17.5. The van der Waals surface area contributed by atoms with Crippen molar-refractivity contribution in [3.63, 3.8) is 0 Å². The Kier molecular flexibility index (Phi) is 5.28. The Balaban J connectivity index is 1.32. The molecule has 6 rings (SSSR count). The van der Waals surface area contributed by atoms with Crippen LogP contribution in [0.1, 0.15) is 23.2 Å². The molecule has 9 nitrogen and oxygen atoms in total. The fraction of sp³-hybridized carbons (Fsp3) is 0.231. The second kappa shape index (κ2) is 8.63. The Bertz CT molecular complexity index is 1480. The van der Waals surface area contributed by atoms with E-state index in [2.05, 4.69) is 24.9 Å². The smallest absolute Gasteiger partial charge is 0.412 e. The molecule has 1 N–H and O–H groups in total. The number of hydrogen-bond donors (Lipinski definition) is 1. The van der Waals surface area contributed by atoms with Crippen molar-refractivity contribution in [3.8, 4) is 11.3 Å². The van der Waals surface area contributed by atoms with E-state index >= 15 is 0 Å². The Hall–Kier alpha value is -4.47. The highest BCUT2D eigenvalue weighted by atomic mass is 19.1. The molecule has 10 heteroatoms. The molecule has 182 valence electrons. The third kappa shape index (κ3) is 3.90. The van der Waals surface area contributed by atoms with E-state index in [4.69, 9.17) is 0 Å². The van der Waals surface area contributed by atoms with Gasteiger partial charge in [-0.25, -0.2) is 19.2 Å². The van der Waals surface area contributed by atoms with Gasteiger partial charge >= 0.3 is 6.09 Å². The molecule has 4 heterocycles. The van der Waals surface area contributed by atoms with Gasteiger partial charge in [-0.1, -0.05) is 0 Å². The molecule has 0 spiro atoms. The average Bonchev–Trinajstić information content (AvgIpc) is 3.66. The van der Waals surface area contributed by atoms with Gasteiger partial charge in [-0.15, -0.1) is 0 Å². The zero-order chi connectivity index (χ0) is 24.8. The number of aromatic nitrogens is 3. The molecule has 0 bridgehead atoms. The molecule has 3 aromatic heterocycles. The normalized spacial score (nSPS) is 15.1. The Labute approximate surface area is 206 Å². The van der Waals surface area contributed by atoms with Crippen molar-refractivity contribution >= 4 is 34.8 Å². The Morgan fingerprint density at radius 2 is 1.89 bits per heavy atom. The summed E-state index contributed by atoms with van der Waals surface area (Å²) in [6, 6.07) is 12.1. The highest BCUT2D eigenvalue weighted by Crippen LogP contribution is 2.41. The molecular formula is C26H23FN6O3. The summed E-state index contributed by atoms with van der Waals surface area (Å²) < 4.78 is 20.5. The van der Waals surface area contributed by atoms with Gasteiger partial charge < -0.3 is 14.5 Å². The number of fused-ring (bicyclic) bond motifs is 2. The van der Waals surface area contributed by atoms with Crippen LogP contribution in [-0.2, 0) is 4.74 Å². The summed E-state index contributed by atoms with van der Waals surface area (Å²) in [7, 11) is 1.28. The fourth-order valence-corrected chi connectivity index (χ4v) is 4.63. The number of benzene rings is 1. The number of methoxy groups -OCH3 is 1. The number of pyridine rings is 2. The minimum Gasteiger partial charge on any atom is -0.453 e. The number of anilines is 3. The molecule has 1 fully saturated rings. The van der Waals surface area contributed by atoms with Gasteiger partial charge in [0.2, 0.25) is 0 Å². The number of nitrogens with one attached hydrogen (secondary N) is 1. The Morgan fingerprint density at radius 1 is 1.03 bits per heavy atom. The topological polar surface area (TPSA) is 92.1 Å². The molecule has 4 aromatic rings. The van der Waals surface area contributed by atoms with Crippen molar-refractivity contribution in [2.75, 3.05) is 35.3 Å². The summed E-state index contributed by atoms with van der Waals surface area (Å²) in [5.41, 5.74) is 4.18. The van der Waals surface area contributed by atoms with Gasteiger partial charge in [0.25, 0.3) is 5.91 Å². The maximum atomic E-state index is 14.1. The van der Waals surface area contributed by atoms with Gasteiger partial charge in [0.1, 0.15) is 17.3 Å². The van der Waals surface area contributed by atoms with Crippen molar-refractivity contribution in [1.29, 1.82) is 0 Å². The number of nitrogens with zero attached hydrogens (tertiary/aromatic N) is 5. The van der Waals surface area contributed by atoms with E-state index in [1.54, 1.807) is 53.8 Å². The molecule has 0 saturated heterocycles. The van der Waals surface area contributed by atoms with Gasteiger partial charge in [-0.3, -0.25) is 14.5 Å². The number of ether oxygens (including phenoxy) is 1. The third-order valence-electron chi connectivity index (χ3n) is 6.56. The van der Waals surface area contributed by atoms with Crippen LogP contribution in [0.15, 0.2) is 61.1 Å². The lowest BCUT2D eigenvalue weighted by Crippen LogP contribution is -2.45. The first kappa shape index (κ1) is 22.0. The summed E-state index contributed by atoms with van der Waals surface area (Å²) in [6.45, 7) is 1.20. The summed E-state index contributed by atoms with van der Waals surface area (Å²) in [5, 5.41) is 2.52. The lowest BCUT2D eigenvalue weighted by Gasteiger charge is -2.38. The highest BCUT2D eigenvalue weighted by Gasteiger charge is 2.36. The van der Waals surface area contributed by atoms with E-state index < -0.39 is 6.09 Å². The van der Waals surface area contributed by atoms with Gasteiger partial charge in [0.05, 0.1) is 35.9 Å². The zero-order valence-corrected chi connectivity index (χ0v) is 19.5. The van der Waals surface area contributed by atoms with E-state index in [0.717, 1.165) is 35.5 Å². The lowest BCUT2D eigenvalue weighted by atomic mass is 10.1. The summed E-state index contributed by atoms with van der Waals surface area (Å²) in [4.78, 5) is 37.7. The van der Waals surface area contributed by atoms with Crippen LogP contribution >= 0.6 is 0 Å². The van der Waals surface area contributed by atoms with Crippen LogP contribution in [0.4, 0.5) is 26.4 Å². The molecule has 0 unspecified atom stereocenters. The standard InChI is InChI=1S/C26H23FN6O3/c1-36-26(35)30-23-8-2-16(13-28-23)22-14-29-24-9-3-17(15-33(22)24)25(34)32-11-10-31(19-5-6-19)21-12-18(27)4-7-20(21)32/h2-4,7-9,12-15,19H,5-6,10-11H2,1H3,(H,28,30,35). The number of rotatable bonds is 4. The number of amides is 2. The maximum Gasteiger partial charge on any atom is 0.412 e. The van der Waals surface area contributed by atoms with E-state index in [1.807, 2.05) is 4.40 Å². The quantitative estimate of drug-likeness (QED) is 0.461. The van der Waals surface area contributed by atoms with Gasteiger partial charge in [0.15, 0.2) is 0 Å². The second-order valence-electron chi connectivity index (χ2n) is 8.85. The second-order valence-corrected chi connectivity index (χ2v) is 8.85. The number of hydrogen-bond acceptors (Lipinski definition) is 6. The van der Waals surface area contributed by atoms with E-state index in [1.165, 1.54) is 19.2 Å². The van der Waals surface area contributed by atoms with E-state index in [0.29, 0.717) is 36.2 Å².